The van der Waals surface area contributed by atoms with Crippen molar-refractivity contribution in [3.63, 3.8) is 0 Å². The van der Waals surface area contributed by atoms with Crippen LogP contribution in [0.15, 0.2) is 55.1 Å². The molecule has 4 rings (SSSR count). The van der Waals surface area contributed by atoms with E-state index in [1.54, 1.807) is 18.6 Å². The lowest BCUT2D eigenvalue weighted by atomic mass is 10.2. The van der Waals surface area contributed by atoms with E-state index in [2.05, 4.69) is 20.0 Å². The van der Waals surface area contributed by atoms with Crippen LogP contribution in [0, 0.1) is 0 Å². The molecule has 0 atom stereocenters. The molecule has 0 unspecified atom stereocenters. The Morgan fingerprint density at radius 3 is 2.45 bits per heavy atom. The van der Waals surface area contributed by atoms with Gasteiger partial charge in [0.25, 0.3) is 0 Å². The Bertz CT molecular complexity index is 923. The van der Waals surface area contributed by atoms with Gasteiger partial charge in [-0.2, -0.15) is 18.3 Å². The smallest absolute Gasteiger partial charge is 0.355 e. The van der Waals surface area contributed by atoms with Crippen molar-refractivity contribution in [1.82, 2.24) is 24.6 Å². The molecule has 0 radical (unpaired) electrons. The molecule has 0 saturated carbocycles. The summed E-state index contributed by atoms with van der Waals surface area (Å²) in [7, 11) is 0. The first kappa shape index (κ1) is 19.4. The van der Waals surface area contributed by atoms with E-state index in [1.807, 2.05) is 27.8 Å². The summed E-state index contributed by atoms with van der Waals surface area (Å²) in [5.74, 6) is 0.580. The quantitative estimate of drug-likeness (QED) is 0.668. The van der Waals surface area contributed by atoms with Crippen LogP contribution in [-0.2, 0) is 12.8 Å². The zero-order chi connectivity index (χ0) is 20.3. The number of nitrogens with zero attached hydrogens (tertiary/aromatic N) is 6. The molecule has 0 spiro atoms. The Kier molecular flexibility index (Phi) is 5.48. The van der Waals surface area contributed by atoms with Crippen molar-refractivity contribution in [2.75, 3.05) is 31.1 Å². The normalized spacial score (nSPS) is 16.0. The molecule has 152 valence electrons. The van der Waals surface area contributed by atoms with Gasteiger partial charge in [0, 0.05) is 56.5 Å². The van der Waals surface area contributed by atoms with E-state index < -0.39 is 11.7 Å². The lowest BCUT2D eigenvalue weighted by molar-refractivity contribution is -0.137. The molecule has 3 aromatic rings. The lowest BCUT2D eigenvalue weighted by Crippen LogP contribution is -2.32. The van der Waals surface area contributed by atoms with Gasteiger partial charge in [-0.3, -0.25) is 14.6 Å². The topological polar surface area (TPSA) is 50.1 Å². The largest absolute Gasteiger partial charge is 0.417 e. The van der Waals surface area contributed by atoms with Crippen molar-refractivity contribution in [3.05, 3.63) is 60.7 Å². The van der Waals surface area contributed by atoms with Gasteiger partial charge in [0.05, 0.1) is 17.9 Å². The Morgan fingerprint density at radius 2 is 1.72 bits per heavy atom. The maximum Gasteiger partial charge on any atom is 0.417 e. The Hall–Kier alpha value is -2.94. The van der Waals surface area contributed by atoms with Crippen LogP contribution in [0.25, 0.3) is 11.3 Å². The van der Waals surface area contributed by atoms with Gasteiger partial charge in [-0.15, -0.1) is 0 Å². The van der Waals surface area contributed by atoms with E-state index in [0.717, 1.165) is 49.6 Å². The molecule has 0 aromatic carbocycles. The van der Waals surface area contributed by atoms with E-state index >= 15 is 0 Å². The van der Waals surface area contributed by atoms with Crippen LogP contribution in [-0.4, -0.2) is 50.8 Å². The van der Waals surface area contributed by atoms with Gasteiger partial charge in [0.15, 0.2) is 0 Å². The van der Waals surface area contributed by atoms with Gasteiger partial charge < -0.3 is 4.90 Å². The van der Waals surface area contributed by atoms with Crippen LogP contribution >= 0.6 is 0 Å². The van der Waals surface area contributed by atoms with Crippen LogP contribution in [0.4, 0.5) is 19.0 Å². The molecule has 9 heteroatoms. The highest BCUT2D eigenvalue weighted by Crippen LogP contribution is 2.29. The summed E-state index contributed by atoms with van der Waals surface area (Å²) in [6.45, 7) is 3.76. The second-order valence-corrected chi connectivity index (χ2v) is 6.95. The minimum absolute atomic E-state index is 0.580. The molecule has 4 heterocycles. The minimum atomic E-state index is -4.36. The van der Waals surface area contributed by atoms with Crippen molar-refractivity contribution in [2.24, 2.45) is 0 Å². The first-order valence-corrected chi connectivity index (χ1v) is 9.43. The number of pyridine rings is 2. The third kappa shape index (κ3) is 4.56. The van der Waals surface area contributed by atoms with Crippen LogP contribution in [0.3, 0.4) is 0 Å². The fourth-order valence-electron chi connectivity index (χ4n) is 3.48. The van der Waals surface area contributed by atoms with Crippen molar-refractivity contribution in [1.29, 1.82) is 0 Å². The summed E-state index contributed by atoms with van der Waals surface area (Å²) in [6, 6.07) is 8.43. The SMILES string of the molecule is FC(F)(F)c1ccc(N2CCCN(Cn3nccc3-c3ccncc3)CC2)nc1. The lowest BCUT2D eigenvalue weighted by Gasteiger charge is -2.23. The number of anilines is 1. The molecule has 1 aliphatic rings. The second-order valence-electron chi connectivity index (χ2n) is 6.95. The van der Waals surface area contributed by atoms with E-state index in [1.165, 1.54) is 6.07 Å². The number of halogens is 3. The highest BCUT2D eigenvalue weighted by Gasteiger charge is 2.31. The number of hydrogen-bond acceptors (Lipinski definition) is 5. The fraction of sp³-hybridized carbons (Fsp3) is 0.350. The molecular weight excluding hydrogens is 381 g/mol. The summed E-state index contributed by atoms with van der Waals surface area (Å²) in [4.78, 5) is 12.4. The van der Waals surface area contributed by atoms with Gasteiger partial charge >= 0.3 is 6.18 Å². The highest BCUT2D eigenvalue weighted by atomic mass is 19.4. The number of hydrogen-bond donors (Lipinski definition) is 0. The first-order chi connectivity index (χ1) is 14.0. The second kappa shape index (κ2) is 8.20. The van der Waals surface area contributed by atoms with Crippen LogP contribution in [0.5, 0.6) is 0 Å². The third-order valence-corrected chi connectivity index (χ3v) is 5.01. The van der Waals surface area contributed by atoms with Gasteiger partial charge in [-0.05, 0) is 36.8 Å². The summed E-state index contributed by atoms with van der Waals surface area (Å²) in [5.41, 5.74) is 1.36. The maximum absolute atomic E-state index is 12.7. The molecule has 3 aromatic heterocycles. The van der Waals surface area contributed by atoms with Crippen molar-refractivity contribution in [2.45, 2.75) is 19.3 Å². The summed E-state index contributed by atoms with van der Waals surface area (Å²) in [5, 5.41) is 4.45. The molecule has 1 fully saturated rings. The van der Waals surface area contributed by atoms with E-state index in [-0.39, 0.29) is 0 Å². The number of rotatable bonds is 4. The van der Waals surface area contributed by atoms with E-state index in [4.69, 9.17) is 0 Å². The minimum Gasteiger partial charge on any atom is -0.355 e. The van der Waals surface area contributed by atoms with Gasteiger partial charge in [0.1, 0.15) is 5.82 Å². The molecule has 6 nitrogen and oxygen atoms in total. The van der Waals surface area contributed by atoms with Gasteiger partial charge in [-0.1, -0.05) is 0 Å². The fourth-order valence-corrected chi connectivity index (χ4v) is 3.48. The number of alkyl halides is 3. The highest BCUT2D eigenvalue weighted by molar-refractivity contribution is 5.58. The average Bonchev–Trinajstić information content (AvgIpc) is 3.05. The Balaban J connectivity index is 1.41. The van der Waals surface area contributed by atoms with Gasteiger partial charge in [-0.25, -0.2) is 4.98 Å². The molecule has 29 heavy (non-hydrogen) atoms. The summed E-state index contributed by atoms with van der Waals surface area (Å²) in [6.07, 6.45) is 2.74. The predicted molar refractivity (Wildman–Crippen MR) is 103 cm³/mol. The van der Waals surface area contributed by atoms with Crippen molar-refractivity contribution in [3.8, 4) is 11.3 Å². The molecule has 0 N–H and O–H groups in total. The Morgan fingerprint density at radius 1 is 0.897 bits per heavy atom. The van der Waals surface area contributed by atoms with Gasteiger partial charge in [0.2, 0.25) is 0 Å². The van der Waals surface area contributed by atoms with Crippen LogP contribution < -0.4 is 4.90 Å². The van der Waals surface area contributed by atoms with E-state index in [9.17, 15) is 13.2 Å². The molecule has 0 amide bonds. The number of aromatic nitrogens is 4. The predicted octanol–water partition coefficient (Wildman–Crippen LogP) is 3.53. The van der Waals surface area contributed by atoms with Crippen LogP contribution in [0.2, 0.25) is 0 Å². The summed E-state index contributed by atoms with van der Waals surface area (Å²) < 4.78 is 40.2. The Labute approximate surface area is 166 Å². The standard InChI is InChI=1S/C20H21F3N6/c21-20(22,23)17-2-3-19(25-14-17)28-11-1-10-27(12-13-28)15-29-18(6-9-26-29)16-4-7-24-8-5-16/h2-9,14H,1,10-13,15H2. The van der Waals surface area contributed by atoms with E-state index in [0.29, 0.717) is 19.0 Å². The van der Waals surface area contributed by atoms with Crippen molar-refractivity contribution < 1.29 is 13.2 Å². The van der Waals surface area contributed by atoms with Crippen LogP contribution in [0.1, 0.15) is 12.0 Å². The zero-order valence-corrected chi connectivity index (χ0v) is 15.8. The summed E-state index contributed by atoms with van der Waals surface area (Å²) >= 11 is 0. The first-order valence-electron chi connectivity index (χ1n) is 9.43. The molecular formula is C20H21F3N6. The molecule has 1 aliphatic heterocycles. The maximum atomic E-state index is 12.7. The average molecular weight is 402 g/mol. The molecule has 1 saturated heterocycles. The third-order valence-electron chi connectivity index (χ3n) is 5.01. The zero-order valence-electron chi connectivity index (χ0n) is 15.8. The molecule has 0 bridgehead atoms. The molecule has 0 aliphatic carbocycles. The monoisotopic (exact) mass is 402 g/mol. The van der Waals surface area contributed by atoms with Crippen molar-refractivity contribution >= 4 is 5.82 Å².